The zero-order valence-electron chi connectivity index (χ0n) is 15.1. The van der Waals surface area contributed by atoms with Crippen LogP contribution in [0.25, 0.3) is 0 Å². The molecule has 1 atom stereocenters. The van der Waals surface area contributed by atoms with Crippen LogP contribution < -0.4 is 5.32 Å². The van der Waals surface area contributed by atoms with Gasteiger partial charge in [0.2, 0.25) is 5.91 Å². The molecule has 0 bridgehead atoms. The van der Waals surface area contributed by atoms with Crippen molar-refractivity contribution in [3.8, 4) is 0 Å². The highest BCUT2D eigenvalue weighted by molar-refractivity contribution is 5.93. The molecular weight excluding hydrogens is 308 g/mol. The Morgan fingerprint density at radius 2 is 2.08 bits per heavy atom. The van der Waals surface area contributed by atoms with E-state index in [1.54, 1.807) is 0 Å². The fraction of sp³-hybridized carbons (Fsp3) is 0.455. The number of unbranched alkanes of at least 4 members (excludes halogenated alkanes) is 3. The van der Waals surface area contributed by atoms with Gasteiger partial charge in [0.25, 0.3) is 0 Å². The van der Waals surface area contributed by atoms with Gasteiger partial charge in [0, 0.05) is 24.5 Å². The normalized spacial score (nSPS) is 14.7. The number of anilines is 1. The van der Waals surface area contributed by atoms with Crippen molar-refractivity contribution in [3.05, 3.63) is 59.4 Å². The van der Waals surface area contributed by atoms with E-state index in [0.717, 1.165) is 18.5 Å². The number of rotatable bonds is 8. The summed E-state index contributed by atoms with van der Waals surface area (Å²) in [6.07, 6.45) is 12.7. The number of carbonyl (C=O) groups excluding carboxylic acids is 1. The summed E-state index contributed by atoms with van der Waals surface area (Å²) in [5, 5.41) is 2.99. The average Bonchev–Trinajstić information content (AvgIpc) is 2.64. The molecular formula is C22H28N2O. The van der Waals surface area contributed by atoms with Gasteiger partial charge < -0.3 is 5.32 Å². The van der Waals surface area contributed by atoms with E-state index in [-0.39, 0.29) is 5.91 Å². The molecule has 2 heterocycles. The topological polar surface area (TPSA) is 42.0 Å². The molecule has 0 spiro atoms. The first kappa shape index (κ1) is 17.7. The van der Waals surface area contributed by atoms with Crippen LogP contribution in [0.1, 0.15) is 68.1 Å². The highest BCUT2D eigenvalue weighted by atomic mass is 16.1. The van der Waals surface area contributed by atoms with Crippen molar-refractivity contribution in [2.75, 3.05) is 5.32 Å². The average molecular weight is 336 g/mol. The summed E-state index contributed by atoms with van der Waals surface area (Å²) in [5.41, 5.74) is 4.97. The maximum atomic E-state index is 11.6. The highest BCUT2D eigenvalue weighted by Gasteiger charge is 2.18. The van der Waals surface area contributed by atoms with Gasteiger partial charge in [-0.2, -0.15) is 0 Å². The summed E-state index contributed by atoms with van der Waals surface area (Å²) >= 11 is 0. The van der Waals surface area contributed by atoms with Gasteiger partial charge in [-0.3, -0.25) is 9.78 Å². The molecule has 2 aromatic rings. The summed E-state index contributed by atoms with van der Waals surface area (Å²) in [6.45, 7) is 2.25. The van der Waals surface area contributed by atoms with Crippen LogP contribution in [0.15, 0.2) is 42.7 Å². The van der Waals surface area contributed by atoms with E-state index in [4.69, 9.17) is 0 Å². The minimum atomic E-state index is 0.131. The molecule has 3 rings (SSSR count). The number of carbonyl (C=O) groups is 1. The smallest absolute Gasteiger partial charge is 0.224 e. The molecule has 3 nitrogen and oxygen atoms in total. The van der Waals surface area contributed by atoms with Gasteiger partial charge in [-0.1, -0.05) is 50.8 Å². The van der Waals surface area contributed by atoms with E-state index >= 15 is 0 Å². The Balaban J connectivity index is 1.76. The fourth-order valence-electron chi connectivity index (χ4n) is 3.66. The first-order valence-electron chi connectivity index (χ1n) is 9.58. The molecule has 1 aromatic carbocycles. The summed E-state index contributed by atoms with van der Waals surface area (Å²) in [4.78, 5) is 15.8. The maximum Gasteiger partial charge on any atom is 0.224 e. The van der Waals surface area contributed by atoms with E-state index in [9.17, 15) is 4.79 Å². The van der Waals surface area contributed by atoms with Crippen molar-refractivity contribution in [2.45, 2.75) is 64.2 Å². The van der Waals surface area contributed by atoms with Crippen LogP contribution in [0, 0.1) is 0 Å². The summed E-state index contributed by atoms with van der Waals surface area (Å²) < 4.78 is 0. The Hall–Kier alpha value is -2.16. The third-order valence-electron chi connectivity index (χ3n) is 5.11. The van der Waals surface area contributed by atoms with Crippen LogP contribution in [-0.4, -0.2) is 10.9 Å². The summed E-state index contributed by atoms with van der Waals surface area (Å²) in [7, 11) is 0. The van der Waals surface area contributed by atoms with E-state index in [0.29, 0.717) is 12.3 Å². The fourth-order valence-corrected chi connectivity index (χ4v) is 3.66. The largest absolute Gasteiger partial charge is 0.326 e. The lowest BCUT2D eigenvalue weighted by Crippen LogP contribution is -2.19. The minimum absolute atomic E-state index is 0.131. The number of nitrogens with zero attached hydrogens (tertiary/aromatic N) is 1. The monoisotopic (exact) mass is 336 g/mol. The van der Waals surface area contributed by atoms with Crippen molar-refractivity contribution < 1.29 is 4.79 Å². The number of amides is 1. The van der Waals surface area contributed by atoms with Gasteiger partial charge in [-0.05, 0) is 54.0 Å². The van der Waals surface area contributed by atoms with Gasteiger partial charge in [0.1, 0.15) is 0 Å². The first-order valence-corrected chi connectivity index (χ1v) is 9.58. The van der Waals surface area contributed by atoms with E-state index in [1.807, 2.05) is 18.5 Å². The second-order valence-electron chi connectivity index (χ2n) is 7.08. The Morgan fingerprint density at radius 1 is 1.16 bits per heavy atom. The molecule has 0 aliphatic carbocycles. The predicted octanol–water partition coefficient (Wildman–Crippen LogP) is 5.26. The highest BCUT2D eigenvalue weighted by Crippen LogP contribution is 2.31. The molecule has 0 saturated heterocycles. The van der Waals surface area contributed by atoms with E-state index in [1.165, 1.54) is 48.8 Å². The second-order valence-corrected chi connectivity index (χ2v) is 7.08. The molecule has 1 aromatic heterocycles. The lowest BCUT2D eigenvalue weighted by molar-refractivity contribution is -0.116. The standard InChI is InChI=1S/C22H28N2O/c1-2-3-4-5-8-18(14-17-7-6-13-23-16-17)19-9-11-21-20(15-19)10-12-22(25)24-21/h6-7,9,11,13,15-16,18H,2-5,8,10,12,14H2,1H3,(H,24,25). The number of pyridine rings is 1. The van der Waals surface area contributed by atoms with Gasteiger partial charge >= 0.3 is 0 Å². The summed E-state index contributed by atoms with van der Waals surface area (Å²) in [5.74, 6) is 0.649. The van der Waals surface area contributed by atoms with Crippen molar-refractivity contribution in [1.82, 2.24) is 4.98 Å². The van der Waals surface area contributed by atoms with E-state index < -0.39 is 0 Å². The molecule has 25 heavy (non-hydrogen) atoms. The zero-order chi connectivity index (χ0) is 17.5. The lowest BCUT2D eigenvalue weighted by Gasteiger charge is -2.22. The molecule has 0 fully saturated rings. The number of hydrogen-bond donors (Lipinski definition) is 1. The third kappa shape index (κ3) is 4.91. The van der Waals surface area contributed by atoms with Crippen LogP contribution in [0.2, 0.25) is 0 Å². The molecule has 0 saturated carbocycles. The van der Waals surface area contributed by atoms with Crippen molar-refractivity contribution in [2.24, 2.45) is 0 Å². The Bertz CT molecular complexity index is 696. The minimum Gasteiger partial charge on any atom is -0.326 e. The van der Waals surface area contributed by atoms with Crippen LogP contribution in [0.4, 0.5) is 5.69 Å². The van der Waals surface area contributed by atoms with E-state index in [2.05, 4.69) is 41.5 Å². The van der Waals surface area contributed by atoms with Crippen LogP contribution in [0.3, 0.4) is 0 Å². The zero-order valence-corrected chi connectivity index (χ0v) is 15.1. The van der Waals surface area contributed by atoms with Gasteiger partial charge in [-0.25, -0.2) is 0 Å². The second kappa shape index (κ2) is 8.80. The molecule has 0 radical (unpaired) electrons. The number of hydrogen-bond acceptors (Lipinski definition) is 2. The first-order chi connectivity index (χ1) is 12.3. The molecule has 132 valence electrons. The van der Waals surface area contributed by atoms with Crippen molar-refractivity contribution >= 4 is 11.6 Å². The van der Waals surface area contributed by atoms with Gasteiger partial charge in [0.05, 0.1) is 0 Å². The van der Waals surface area contributed by atoms with Crippen molar-refractivity contribution in [1.29, 1.82) is 0 Å². The Kier molecular flexibility index (Phi) is 6.21. The quantitative estimate of drug-likeness (QED) is 0.668. The molecule has 1 amide bonds. The SMILES string of the molecule is CCCCCCC(Cc1cccnc1)c1ccc2c(c1)CCC(=O)N2. The molecule has 1 N–H and O–H groups in total. The van der Waals surface area contributed by atoms with Gasteiger partial charge in [-0.15, -0.1) is 0 Å². The molecule has 1 aliphatic heterocycles. The Labute approximate surface area is 150 Å². The number of nitrogens with one attached hydrogen (secondary N) is 1. The molecule has 1 aliphatic rings. The number of aryl methyl sites for hydroxylation is 1. The van der Waals surface area contributed by atoms with Crippen LogP contribution in [0.5, 0.6) is 0 Å². The van der Waals surface area contributed by atoms with Crippen LogP contribution in [-0.2, 0) is 17.6 Å². The third-order valence-corrected chi connectivity index (χ3v) is 5.11. The van der Waals surface area contributed by atoms with Crippen LogP contribution >= 0.6 is 0 Å². The number of aromatic nitrogens is 1. The van der Waals surface area contributed by atoms with Crippen molar-refractivity contribution in [3.63, 3.8) is 0 Å². The Morgan fingerprint density at radius 3 is 2.88 bits per heavy atom. The summed E-state index contributed by atoms with van der Waals surface area (Å²) in [6, 6.07) is 10.8. The number of fused-ring (bicyclic) bond motifs is 1. The molecule has 1 unspecified atom stereocenters. The molecule has 3 heteroatoms. The predicted molar refractivity (Wildman–Crippen MR) is 103 cm³/mol. The maximum absolute atomic E-state index is 11.6. The number of benzene rings is 1. The lowest BCUT2D eigenvalue weighted by atomic mass is 9.86. The van der Waals surface area contributed by atoms with Gasteiger partial charge in [0.15, 0.2) is 0 Å².